The van der Waals surface area contributed by atoms with E-state index in [4.69, 9.17) is 0 Å². The van der Waals surface area contributed by atoms with Crippen molar-refractivity contribution in [2.75, 3.05) is 6.26 Å². The minimum atomic E-state index is 0.0346. The fourth-order valence-electron chi connectivity index (χ4n) is 1.67. The summed E-state index contributed by atoms with van der Waals surface area (Å²) < 4.78 is 2.37. The van der Waals surface area contributed by atoms with Gasteiger partial charge >= 0.3 is 0 Å². The zero-order chi connectivity index (χ0) is 14.5. The Balaban J connectivity index is 2.18. The average Bonchev–Trinajstić information content (AvgIpc) is 2.48. The highest BCUT2D eigenvalue weighted by Crippen LogP contribution is 2.21. The summed E-state index contributed by atoms with van der Waals surface area (Å²) in [6.07, 6.45) is 5.55. The van der Waals surface area contributed by atoms with E-state index in [1.54, 1.807) is 17.8 Å². The van der Waals surface area contributed by atoms with E-state index >= 15 is 0 Å². The van der Waals surface area contributed by atoms with Gasteiger partial charge in [0, 0.05) is 17.6 Å². The number of allylic oxidation sites excluding steroid dienone is 1. The molecule has 102 valence electrons. The van der Waals surface area contributed by atoms with E-state index in [2.05, 4.69) is 51.2 Å². The Bertz CT molecular complexity index is 648. The number of rotatable bonds is 4. The number of benzene rings is 2. The van der Waals surface area contributed by atoms with Crippen LogP contribution in [0, 0.1) is 7.14 Å². The number of carbonyl (C=O) groups is 1. The van der Waals surface area contributed by atoms with Gasteiger partial charge in [-0.1, -0.05) is 12.1 Å². The van der Waals surface area contributed by atoms with Crippen molar-refractivity contribution in [1.82, 2.24) is 0 Å². The maximum atomic E-state index is 12.1. The standard InChI is InChI=1S/C16H12I2OS/c1-20-13-8-5-11(6-9-13)15(19)10-7-12-3-2-4-14(17)16(12)18/h2-10H,1H3. The van der Waals surface area contributed by atoms with Gasteiger partial charge in [0.1, 0.15) is 0 Å². The normalized spacial score (nSPS) is 10.9. The Morgan fingerprint density at radius 3 is 2.45 bits per heavy atom. The second-order valence-electron chi connectivity index (χ2n) is 4.07. The van der Waals surface area contributed by atoms with Crippen molar-refractivity contribution >= 4 is 68.8 Å². The molecule has 0 fully saturated rings. The van der Waals surface area contributed by atoms with Crippen molar-refractivity contribution in [1.29, 1.82) is 0 Å². The van der Waals surface area contributed by atoms with E-state index in [-0.39, 0.29) is 5.78 Å². The van der Waals surface area contributed by atoms with E-state index < -0.39 is 0 Å². The smallest absolute Gasteiger partial charge is 0.185 e. The van der Waals surface area contributed by atoms with Crippen LogP contribution in [0.3, 0.4) is 0 Å². The molecule has 0 heterocycles. The molecule has 20 heavy (non-hydrogen) atoms. The lowest BCUT2D eigenvalue weighted by molar-refractivity contribution is 0.104. The van der Waals surface area contributed by atoms with Crippen molar-refractivity contribution in [2.24, 2.45) is 0 Å². The molecular weight excluding hydrogens is 494 g/mol. The first kappa shape index (κ1) is 16.0. The van der Waals surface area contributed by atoms with E-state index in [0.717, 1.165) is 16.0 Å². The SMILES string of the molecule is CSc1ccc(C(=O)C=Cc2cccc(I)c2I)cc1. The van der Waals surface area contributed by atoms with E-state index in [1.165, 1.54) is 7.14 Å². The van der Waals surface area contributed by atoms with Gasteiger partial charge in [0.05, 0.1) is 0 Å². The van der Waals surface area contributed by atoms with Crippen molar-refractivity contribution < 1.29 is 4.79 Å². The first-order valence-corrected chi connectivity index (χ1v) is 9.30. The van der Waals surface area contributed by atoms with Crippen molar-refractivity contribution in [3.8, 4) is 0 Å². The maximum Gasteiger partial charge on any atom is 0.185 e. The molecular formula is C16H12I2OS. The number of hydrogen-bond donors (Lipinski definition) is 0. The number of thioether (sulfide) groups is 1. The molecule has 0 aliphatic heterocycles. The summed E-state index contributed by atoms with van der Waals surface area (Å²) in [5, 5.41) is 0. The van der Waals surface area contributed by atoms with Gasteiger partial charge in [-0.15, -0.1) is 11.8 Å². The number of halogens is 2. The Kier molecular flexibility index (Phi) is 6.10. The molecule has 1 nitrogen and oxygen atoms in total. The van der Waals surface area contributed by atoms with Gasteiger partial charge in [-0.3, -0.25) is 4.79 Å². The highest BCUT2D eigenvalue weighted by atomic mass is 127. The van der Waals surface area contributed by atoms with Gasteiger partial charge < -0.3 is 0 Å². The molecule has 0 radical (unpaired) electrons. The van der Waals surface area contributed by atoms with Crippen LogP contribution in [0.15, 0.2) is 53.4 Å². The number of carbonyl (C=O) groups excluding carboxylic acids is 1. The molecule has 0 atom stereocenters. The lowest BCUT2D eigenvalue weighted by Gasteiger charge is -2.01. The molecule has 0 amide bonds. The van der Waals surface area contributed by atoms with Crippen LogP contribution < -0.4 is 0 Å². The van der Waals surface area contributed by atoms with Crippen LogP contribution in [0.2, 0.25) is 0 Å². The largest absolute Gasteiger partial charge is 0.289 e. The minimum Gasteiger partial charge on any atom is -0.289 e. The van der Waals surface area contributed by atoms with Gasteiger partial charge in [-0.2, -0.15) is 0 Å². The zero-order valence-corrected chi connectivity index (χ0v) is 15.9. The van der Waals surface area contributed by atoms with Crippen LogP contribution in [0.1, 0.15) is 15.9 Å². The Labute approximate surface area is 150 Å². The summed E-state index contributed by atoms with van der Waals surface area (Å²) in [5.41, 5.74) is 1.80. The van der Waals surface area contributed by atoms with Crippen LogP contribution in [0.4, 0.5) is 0 Å². The molecule has 0 aliphatic rings. The van der Waals surface area contributed by atoms with Gasteiger partial charge in [0.25, 0.3) is 0 Å². The topological polar surface area (TPSA) is 17.1 Å². The van der Waals surface area contributed by atoms with Gasteiger partial charge in [-0.25, -0.2) is 0 Å². The fourth-order valence-corrected chi connectivity index (χ4v) is 3.13. The predicted molar refractivity (Wildman–Crippen MR) is 103 cm³/mol. The summed E-state index contributed by atoms with van der Waals surface area (Å²) >= 11 is 6.27. The first-order chi connectivity index (χ1) is 9.61. The molecule has 0 aliphatic carbocycles. The van der Waals surface area contributed by atoms with Crippen molar-refractivity contribution in [3.63, 3.8) is 0 Å². The maximum absolute atomic E-state index is 12.1. The molecule has 2 aromatic carbocycles. The first-order valence-electron chi connectivity index (χ1n) is 5.92. The molecule has 0 unspecified atom stereocenters. The van der Waals surface area contributed by atoms with Crippen LogP contribution in [-0.2, 0) is 0 Å². The molecule has 0 aromatic heterocycles. The van der Waals surface area contributed by atoms with E-state index in [0.29, 0.717) is 0 Å². The quantitative estimate of drug-likeness (QED) is 0.236. The zero-order valence-electron chi connectivity index (χ0n) is 10.8. The van der Waals surface area contributed by atoms with Crippen LogP contribution in [0.5, 0.6) is 0 Å². The molecule has 0 saturated heterocycles. The van der Waals surface area contributed by atoms with Gasteiger partial charge in [-0.05, 0) is 99.5 Å². The predicted octanol–water partition coefficient (Wildman–Crippen LogP) is 5.51. The monoisotopic (exact) mass is 506 g/mol. The second-order valence-corrected chi connectivity index (χ2v) is 7.19. The lowest BCUT2D eigenvalue weighted by Crippen LogP contribution is -1.94. The average molecular weight is 506 g/mol. The molecule has 0 bridgehead atoms. The molecule has 2 rings (SSSR count). The fraction of sp³-hybridized carbons (Fsp3) is 0.0625. The second kappa shape index (κ2) is 7.61. The minimum absolute atomic E-state index is 0.0346. The summed E-state index contributed by atoms with van der Waals surface area (Å²) in [5.74, 6) is 0.0346. The Morgan fingerprint density at radius 2 is 1.80 bits per heavy atom. The van der Waals surface area contributed by atoms with Crippen LogP contribution in [0.25, 0.3) is 6.08 Å². The molecule has 4 heteroatoms. The lowest BCUT2D eigenvalue weighted by atomic mass is 10.1. The summed E-state index contributed by atoms with van der Waals surface area (Å²) in [7, 11) is 0. The third-order valence-electron chi connectivity index (χ3n) is 2.77. The highest BCUT2D eigenvalue weighted by molar-refractivity contribution is 14.1. The number of hydrogen-bond acceptors (Lipinski definition) is 2. The highest BCUT2D eigenvalue weighted by Gasteiger charge is 2.03. The third kappa shape index (κ3) is 4.08. The van der Waals surface area contributed by atoms with Crippen LogP contribution in [-0.4, -0.2) is 12.0 Å². The van der Waals surface area contributed by atoms with Crippen molar-refractivity contribution in [3.05, 3.63) is 66.8 Å². The summed E-state index contributed by atoms with van der Waals surface area (Å²) in [4.78, 5) is 13.3. The Hall–Kier alpha value is -0.340. The van der Waals surface area contributed by atoms with Crippen molar-refractivity contribution in [2.45, 2.75) is 4.90 Å². The molecule has 2 aromatic rings. The van der Waals surface area contributed by atoms with E-state index in [1.807, 2.05) is 48.7 Å². The number of ketones is 1. The van der Waals surface area contributed by atoms with Gasteiger partial charge in [0.2, 0.25) is 0 Å². The third-order valence-corrected chi connectivity index (χ3v) is 6.65. The summed E-state index contributed by atoms with van der Waals surface area (Å²) in [6.45, 7) is 0. The molecule has 0 N–H and O–H groups in total. The Morgan fingerprint density at radius 1 is 1.10 bits per heavy atom. The van der Waals surface area contributed by atoms with Gasteiger partial charge in [0.15, 0.2) is 5.78 Å². The molecule has 0 spiro atoms. The summed E-state index contributed by atoms with van der Waals surface area (Å²) in [6, 6.07) is 13.8. The molecule has 0 saturated carbocycles. The van der Waals surface area contributed by atoms with Crippen LogP contribution >= 0.6 is 56.9 Å². The van der Waals surface area contributed by atoms with E-state index in [9.17, 15) is 4.79 Å².